The average Bonchev–Trinajstić information content (AvgIpc) is 3.35. The highest BCUT2D eigenvalue weighted by Crippen LogP contribution is 2.25. The Morgan fingerprint density at radius 3 is 2.77 bits per heavy atom. The minimum Gasteiger partial charge on any atom is -0.414 e. The molecule has 1 aliphatic heterocycles. The third kappa shape index (κ3) is 3.49. The van der Waals surface area contributed by atoms with E-state index in [2.05, 4.69) is 41.1 Å². The zero-order valence-corrected chi connectivity index (χ0v) is 16.5. The molecule has 7 heteroatoms. The van der Waals surface area contributed by atoms with E-state index in [-0.39, 0.29) is 6.04 Å². The van der Waals surface area contributed by atoms with Crippen molar-refractivity contribution in [2.24, 2.45) is 0 Å². The molecule has 4 rings (SSSR count). The Hall–Kier alpha value is -1.89. The summed E-state index contributed by atoms with van der Waals surface area (Å²) in [6.45, 7) is 8.35. The van der Waals surface area contributed by atoms with E-state index in [1.54, 1.807) is 11.3 Å². The van der Waals surface area contributed by atoms with Crippen LogP contribution in [0.4, 0.5) is 5.69 Å². The molecule has 0 spiro atoms. The maximum absolute atomic E-state index is 6.18. The maximum atomic E-state index is 6.18. The second kappa shape index (κ2) is 7.39. The zero-order chi connectivity index (χ0) is 18.1. The lowest BCUT2D eigenvalue weighted by atomic mass is 10.1. The summed E-state index contributed by atoms with van der Waals surface area (Å²) in [6.07, 6.45) is 0. The molecule has 1 N–H and O–H groups in total. The fourth-order valence-corrected chi connectivity index (χ4v) is 4.29. The van der Waals surface area contributed by atoms with E-state index in [1.165, 1.54) is 16.2 Å². The third-order valence-corrected chi connectivity index (χ3v) is 6.17. The minimum atomic E-state index is 0.193. The quantitative estimate of drug-likeness (QED) is 0.744. The molecule has 2 aromatic heterocycles. The number of nitrogens with zero attached hydrogens (tertiary/aromatic N) is 3. The molecule has 1 fully saturated rings. The second-order valence-corrected chi connectivity index (χ2v) is 8.10. The lowest BCUT2D eigenvalue weighted by molar-refractivity contribution is -0.931. The summed E-state index contributed by atoms with van der Waals surface area (Å²) in [7, 11) is 0. The first-order valence-corrected chi connectivity index (χ1v) is 10.1. The van der Waals surface area contributed by atoms with Crippen molar-refractivity contribution in [3.8, 4) is 10.8 Å². The number of halogens is 1. The van der Waals surface area contributed by atoms with Crippen molar-refractivity contribution in [3.05, 3.63) is 52.2 Å². The highest BCUT2D eigenvalue weighted by molar-refractivity contribution is 7.13. The Kier molecular flexibility index (Phi) is 4.98. The Bertz CT molecular complexity index is 872. The normalized spacial score (nSPS) is 16.8. The van der Waals surface area contributed by atoms with Crippen LogP contribution in [0.15, 0.2) is 40.1 Å². The lowest BCUT2D eigenvalue weighted by Gasteiger charge is -2.36. The molecule has 3 heterocycles. The molecule has 136 valence electrons. The number of thiophene rings is 1. The molecule has 0 amide bonds. The van der Waals surface area contributed by atoms with Crippen LogP contribution in [-0.4, -0.2) is 36.4 Å². The van der Waals surface area contributed by atoms with Gasteiger partial charge in [0.05, 0.1) is 31.1 Å². The summed E-state index contributed by atoms with van der Waals surface area (Å²) in [5.41, 5.74) is 2.50. The number of aryl methyl sites for hydroxylation is 1. The van der Waals surface area contributed by atoms with E-state index in [4.69, 9.17) is 16.0 Å². The van der Waals surface area contributed by atoms with Crippen molar-refractivity contribution in [2.45, 2.75) is 19.9 Å². The fourth-order valence-electron chi connectivity index (χ4n) is 3.48. The fraction of sp³-hybridized carbons (Fsp3) is 0.368. The van der Waals surface area contributed by atoms with Crippen LogP contribution >= 0.6 is 22.9 Å². The Labute approximate surface area is 162 Å². The molecule has 1 aliphatic rings. The Balaban J connectivity index is 1.42. The molecule has 26 heavy (non-hydrogen) atoms. The molecule has 1 aromatic carbocycles. The smallest absolute Gasteiger partial charge is 0.274 e. The minimum absolute atomic E-state index is 0.193. The van der Waals surface area contributed by atoms with Gasteiger partial charge >= 0.3 is 0 Å². The van der Waals surface area contributed by atoms with Crippen molar-refractivity contribution in [1.82, 2.24) is 10.2 Å². The number of rotatable bonds is 4. The molecular formula is C19H22ClN4OS+. The summed E-state index contributed by atoms with van der Waals surface area (Å²) >= 11 is 7.80. The van der Waals surface area contributed by atoms with Crippen LogP contribution in [-0.2, 0) is 0 Å². The molecule has 5 nitrogen and oxygen atoms in total. The van der Waals surface area contributed by atoms with Crippen molar-refractivity contribution < 1.29 is 9.32 Å². The molecule has 1 atom stereocenters. The number of anilines is 1. The van der Waals surface area contributed by atoms with E-state index in [1.807, 2.05) is 23.6 Å². The zero-order valence-electron chi connectivity index (χ0n) is 14.9. The largest absolute Gasteiger partial charge is 0.414 e. The number of nitrogens with one attached hydrogen (secondary N) is 1. The molecule has 3 aromatic rings. The van der Waals surface area contributed by atoms with Crippen LogP contribution in [0.5, 0.6) is 0 Å². The van der Waals surface area contributed by atoms with Gasteiger partial charge in [0.2, 0.25) is 0 Å². The van der Waals surface area contributed by atoms with Crippen molar-refractivity contribution >= 4 is 28.6 Å². The summed E-state index contributed by atoms with van der Waals surface area (Å²) in [4.78, 5) is 4.91. The van der Waals surface area contributed by atoms with Gasteiger partial charge in [0.25, 0.3) is 11.8 Å². The van der Waals surface area contributed by atoms with Crippen LogP contribution in [0, 0.1) is 6.92 Å². The topological polar surface area (TPSA) is 46.6 Å². The summed E-state index contributed by atoms with van der Waals surface area (Å²) in [6, 6.07) is 10.3. The van der Waals surface area contributed by atoms with Gasteiger partial charge in [-0.15, -0.1) is 21.5 Å². The average molecular weight is 390 g/mol. The predicted octanol–water partition coefficient (Wildman–Crippen LogP) is 3.23. The summed E-state index contributed by atoms with van der Waals surface area (Å²) in [5, 5.41) is 11.3. The lowest BCUT2D eigenvalue weighted by Crippen LogP contribution is -3.14. The van der Waals surface area contributed by atoms with E-state index in [9.17, 15) is 0 Å². The first kappa shape index (κ1) is 17.5. The highest BCUT2D eigenvalue weighted by atomic mass is 35.5. The Morgan fingerprint density at radius 1 is 1.23 bits per heavy atom. The van der Waals surface area contributed by atoms with Crippen LogP contribution in [0.2, 0.25) is 5.02 Å². The van der Waals surface area contributed by atoms with E-state index in [0.717, 1.165) is 42.0 Å². The van der Waals surface area contributed by atoms with Gasteiger partial charge in [0.15, 0.2) is 6.04 Å². The second-order valence-electron chi connectivity index (χ2n) is 6.72. The third-order valence-electron chi connectivity index (χ3n) is 5.07. The van der Waals surface area contributed by atoms with E-state index in [0.29, 0.717) is 5.89 Å². The van der Waals surface area contributed by atoms with Crippen molar-refractivity contribution in [3.63, 3.8) is 0 Å². The number of hydrogen-bond acceptors (Lipinski definition) is 5. The van der Waals surface area contributed by atoms with Crippen molar-refractivity contribution in [2.75, 3.05) is 31.1 Å². The van der Waals surface area contributed by atoms with Crippen LogP contribution in [0.3, 0.4) is 0 Å². The number of piperazine rings is 1. The number of quaternary nitrogens is 1. The number of aromatic nitrogens is 2. The molecule has 0 radical (unpaired) electrons. The van der Waals surface area contributed by atoms with Gasteiger partial charge in [-0.25, -0.2) is 0 Å². The highest BCUT2D eigenvalue weighted by Gasteiger charge is 2.29. The van der Waals surface area contributed by atoms with Gasteiger partial charge in [-0.05, 0) is 43.0 Å². The number of hydrogen-bond donors (Lipinski definition) is 1. The van der Waals surface area contributed by atoms with E-state index < -0.39 is 0 Å². The Morgan fingerprint density at radius 2 is 2.04 bits per heavy atom. The van der Waals surface area contributed by atoms with Gasteiger partial charge < -0.3 is 14.2 Å². The van der Waals surface area contributed by atoms with Gasteiger partial charge in [0.1, 0.15) is 0 Å². The standard InChI is InChI=1S/C19H21ClN4OS/c1-13-5-6-15(20)12-16(13)24-9-7-23(8-10-24)14(2)18-21-22-19(25-18)17-4-3-11-26-17/h3-6,11-12,14H,7-10H2,1-2H3/p+1/t14-/m1/s1. The first-order valence-electron chi connectivity index (χ1n) is 8.85. The van der Waals surface area contributed by atoms with Crippen LogP contribution < -0.4 is 9.80 Å². The van der Waals surface area contributed by atoms with Crippen LogP contribution in [0.25, 0.3) is 10.8 Å². The maximum Gasteiger partial charge on any atom is 0.274 e. The van der Waals surface area contributed by atoms with Gasteiger partial charge in [-0.1, -0.05) is 23.7 Å². The molecule has 0 saturated carbocycles. The predicted molar refractivity (Wildman–Crippen MR) is 105 cm³/mol. The molecular weight excluding hydrogens is 368 g/mol. The monoisotopic (exact) mass is 389 g/mol. The van der Waals surface area contributed by atoms with E-state index >= 15 is 0 Å². The molecule has 0 unspecified atom stereocenters. The van der Waals surface area contributed by atoms with Gasteiger partial charge in [-0.3, -0.25) is 0 Å². The van der Waals surface area contributed by atoms with Crippen molar-refractivity contribution in [1.29, 1.82) is 0 Å². The SMILES string of the molecule is Cc1ccc(Cl)cc1N1CC[NH+]([C@H](C)c2nnc(-c3cccs3)o2)CC1. The molecule has 1 saturated heterocycles. The molecule has 0 bridgehead atoms. The molecule has 0 aliphatic carbocycles. The summed E-state index contributed by atoms with van der Waals surface area (Å²) in [5.74, 6) is 1.34. The first-order chi connectivity index (χ1) is 12.6. The summed E-state index contributed by atoms with van der Waals surface area (Å²) < 4.78 is 5.93. The van der Waals surface area contributed by atoms with Gasteiger partial charge in [-0.2, -0.15) is 0 Å². The number of benzene rings is 1. The van der Waals surface area contributed by atoms with Gasteiger partial charge in [0, 0.05) is 10.7 Å². The van der Waals surface area contributed by atoms with Crippen LogP contribution in [0.1, 0.15) is 24.4 Å².